The van der Waals surface area contributed by atoms with E-state index in [-0.39, 0.29) is 0 Å². The third-order valence-electron chi connectivity index (χ3n) is 5.07. The van der Waals surface area contributed by atoms with Gasteiger partial charge in [-0.15, -0.1) is 0 Å². The molecule has 0 aromatic rings. The second-order valence-electron chi connectivity index (χ2n) is 5.87. The molecule has 0 heterocycles. The van der Waals surface area contributed by atoms with Gasteiger partial charge in [-0.3, -0.25) is 0 Å². The monoisotopic (exact) mass is 206 g/mol. The summed E-state index contributed by atoms with van der Waals surface area (Å²) in [5.41, 5.74) is 4.31. The first-order chi connectivity index (χ1) is 7.19. The topological polar surface area (TPSA) is 0 Å². The van der Waals surface area contributed by atoms with Gasteiger partial charge in [0.05, 0.1) is 0 Å². The molecule has 2 aliphatic rings. The molecule has 0 aromatic carbocycles. The highest BCUT2D eigenvalue weighted by Gasteiger charge is 2.35. The van der Waals surface area contributed by atoms with E-state index in [1.807, 2.05) is 11.1 Å². The van der Waals surface area contributed by atoms with Crippen LogP contribution in [0.5, 0.6) is 0 Å². The van der Waals surface area contributed by atoms with Crippen LogP contribution in [0.15, 0.2) is 11.1 Å². The van der Waals surface area contributed by atoms with Crippen molar-refractivity contribution in [3.05, 3.63) is 11.1 Å². The molecular weight excluding hydrogens is 180 g/mol. The van der Waals surface area contributed by atoms with Gasteiger partial charge in [0.2, 0.25) is 0 Å². The lowest BCUT2D eigenvalue weighted by Crippen LogP contribution is -2.28. The second kappa shape index (κ2) is 4.31. The minimum atomic E-state index is 0.571. The highest BCUT2D eigenvalue weighted by Crippen LogP contribution is 2.50. The van der Waals surface area contributed by atoms with Gasteiger partial charge in [-0.1, -0.05) is 38.3 Å². The fraction of sp³-hybridized carbons (Fsp3) is 0.867. The molecule has 0 bridgehead atoms. The Morgan fingerprint density at radius 2 is 2.07 bits per heavy atom. The fourth-order valence-electron chi connectivity index (χ4n) is 3.59. The molecule has 2 unspecified atom stereocenters. The minimum Gasteiger partial charge on any atom is -0.0704 e. The summed E-state index contributed by atoms with van der Waals surface area (Å²) in [6.07, 6.45) is 11.4. The van der Waals surface area contributed by atoms with Gasteiger partial charge in [0.1, 0.15) is 0 Å². The van der Waals surface area contributed by atoms with Gasteiger partial charge in [-0.2, -0.15) is 0 Å². The van der Waals surface area contributed by atoms with Gasteiger partial charge in [-0.05, 0) is 56.3 Å². The summed E-state index contributed by atoms with van der Waals surface area (Å²) >= 11 is 0. The van der Waals surface area contributed by atoms with E-state index in [9.17, 15) is 0 Å². The molecule has 0 radical (unpaired) electrons. The molecule has 86 valence electrons. The van der Waals surface area contributed by atoms with Crippen LogP contribution in [-0.2, 0) is 0 Å². The largest absolute Gasteiger partial charge is 0.0704 e. The molecule has 2 aliphatic carbocycles. The standard InChI is InChI=1S/C15H26/c1-4-12-8-9-13-7-6-10-15(3,5-2)14(13)11-12/h12H,4-11H2,1-3H3. The molecule has 0 aromatic heterocycles. The van der Waals surface area contributed by atoms with Crippen molar-refractivity contribution >= 4 is 0 Å². The number of hydrogen-bond acceptors (Lipinski definition) is 0. The van der Waals surface area contributed by atoms with Gasteiger partial charge >= 0.3 is 0 Å². The molecule has 0 amide bonds. The summed E-state index contributed by atoms with van der Waals surface area (Å²) in [5.74, 6) is 0.993. The van der Waals surface area contributed by atoms with Gasteiger partial charge in [0.25, 0.3) is 0 Å². The highest BCUT2D eigenvalue weighted by atomic mass is 14.4. The van der Waals surface area contributed by atoms with E-state index >= 15 is 0 Å². The summed E-state index contributed by atoms with van der Waals surface area (Å²) in [5, 5.41) is 0. The van der Waals surface area contributed by atoms with Crippen molar-refractivity contribution < 1.29 is 0 Å². The van der Waals surface area contributed by atoms with Crippen LogP contribution in [0.2, 0.25) is 0 Å². The Morgan fingerprint density at radius 3 is 2.73 bits per heavy atom. The predicted octanol–water partition coefficient (Wildman–Crippen LogP) is 5.09. The molecule has 0 nitrogen and oxygen atoms in total. The van der Waals surface area contributed by atoms with Crippen molar-refractivity contribution in [2.75, 3.05) is 0 Å². The average molecular weight is 206 g/mol. The summed E-state index contributed by atoms with van der Waals surface area (Å²) in [7, 11) is 0. The van der Waals surface area contributed by atoms with Gasteiger partial charge in [-0.25, -0.2) is 0 Å². The maximum absolute atomic E-state index is 2.51. The normalized spacial score (nSPS) is 36.6. The van der Waals surface area contributed by atoms with Crippen LogP contribution < -0.4 is 0 Å². The Kier molecular flexibility index (Phi) is 3.23. The molecule has 0 saturated heterocycles. The third kappa shape index (κ3) is 2.00. The quantitative estimate of drug-likeness (QED) is 0.552. The van der Waals surface area contributed by atoms with E-state index in [4.69, 9.17) is 0 Å². The number of allylic oxidation sites excluding steroid dienone is 2. The fourth-order valence-corrected chi connectivity index (χ4v) is 3.59. The Labute approximate surface area is 95.1 Å². The van der Waals surface area contributed by atoms with E-state index in [0.717, 1.165) is 5.92 Å². The zero-order chi connectivity index (χ0) is 10.9. The van der Waals surface area contributed by atoms with Crippen LogP contribution >= 0.6 is 0 Å². The molecule has 15 heavy (non-hydrogen) atoms. The lowest BCUT2D eigenvalue weighted by molar-refractivity contribution is 0.269. The van der Waals surface area contributed by atoms with Gasteiger partial charge < -0.3 is 0 Å². The number of rotatable bonds is 2. The van der Waals surface area contributed by atoms with Crippen molar-refractivity contribution in [1.29, 1.82) is 0 Å². The van der Waals surface area contributed by atoms with E-state index in [0.29, 0.717) is 5.41 Å². The Morgan fingerprint density at radius 1 is 1.27 bits per heavy atom. The zero-order valence-corrected chi connectivity index (χ0v) is 10.7. The maximum Gasteiger partial charge on any atom is -0.0116 e. The van der Waals surface area contributed by atoms with Crippen molar-refractivity contribution in [1.82, 2.24) is 0 Å². The third-order valence-corrected chi connectivity index (χ3v) is 5.07. The lowest BCUT2D eigenvalue weighted by Gasteiger charge is -2.42. The highest BCUT2D eigenvalue weighted by molar-refractivity contribution is 5.27. The molecule has 0 saturated carbocycles. The van der Waals surface area contributed by atoms with Crippen LogP contribution in [-0.4, -0.2) is 0 Å². The first-order valence-electron chi connectivity index (χ1n) is 6.91. The summed E-state index contributed by atoms with van der Waals surface area (Å²) in [6, 6.07) is 0. The van der Waals surface area contributed by atoms with Crippen LogP contribution in [0, 0.1) is 11.3 Å². The van der Waals surface area contributed by atoms with Crippen LogP contribution in [0.25, 0.3) is 0 Å². The smallest absolute Gasteiger partial charge is 0.0116 e. The van der Waals surface area contributed by atoms with Gasteiger partial charge in [0.15, 0.2) is 0 Å². The van der Waals surface area contributed by atoms with E-state index < -0.39 is 0 Å². The molecular formula is C15H26. The molecule has 0 fully saturated rings. The van der Waals surface area contributed by atoms with E-state index in [1.165, 1.54) is 51.4 Å². The molecule has 2 rings (SSSR count). The molecule has 0 aliphatic heterocycles. The minimum absolute atomic E-state index is 0.571. The van der Waals surface area contributed by atoms with Crippen LogP contribution in [0.3, 0.4) is 0 Å². The van der Waals surface area contributed by atoms with Crippen molar-refractivity contribution in [3.8, 4) is 0 Å². The van der Waals surface area contributed by atoms with Crippen molar-refractivity contribution in [3.63, 3.8) is 0 Å². The number of hydrogen-bond donors (Lipinski definition) is 0. The van der Waals surface area contributed by atoms with Crippen LogP contribution in [0.4, 0.5) is 0 Å². The predicted molar refractivity (Wildman–Crippen MR) is 66.9 cm³/mol. The van der Waals surface area contributed by atoms with Gasteiger partial charge in [0, 0.05) is 0 Å². The second-order valence-corrected chi connectivity index (χ2v) is 5.87. The lowest BCUT2D eigenvalue weighted by atomic mass is 9.63. The van der Waals surface area contributed by atoms with Crippen LogP contribution in [0.1, 0.15) is 72.1 Å². The SMILES string of the molecule is CCC1CCC2=C(C1)C(C)(CC)CCC2. The van der Waals surface area contributed by atoms with Crippen molar-refractivity contribution in [2.45, 2.75) is 72.1 Å². The summed E-state index contributed by atoms with van der Waals surface area (Å²) in [4.78, 5) is 0. The van der Waals surface area contributed by atoms with Crippen molar-refractivity contribution in [2.24, 2.45) is 11.3 Å². The molecule has 0 N–H and O–H groups in total. The molecule has 0 spiro atoms. The zero-order valence-electron chi connectivity index (χ0n) is 10.7. The maximum atomic E-state index is 2.51. The Hall–Kier alpha value is -0.260. The Bertz CT molecular complexity index is 261. The summed E-state index contributed by atoms with van der Waals surface area (Å²) < 4.78 is 0. The first kappa shape index (κ1) is 11.2. The van der Waals surface area contributed by atoms with E-state index in [2.05, 4.69) is 20.8 Å². The van der Waals surface area contributed by atoms with E-state index in [1.54, 1.807) is 0 Å². The molecule has 0 heteroatoms. The first-order valence-corrected chi connectivity index (χ1v) is 6.91. The average Bonchev–Trinajstić information content (AvgIpc) is 2.29. The molecule has 2 atom stereocenters. The Balaban J connectivity index is 2.24. The summed E-state index contributed by atoms with van der Waals surface area (Å²) in [6.45, 7) is 7.26.